The smallest absolute Gasteiger partial charge is 0.306 e. The average molecular weight is 851 g/mol. The predicted octanol–water partition coefficient (Wildman–Crippen LogP) is 16.6. The summed E-state index contributed by atoms with van der Waals surface area (Å²) in [6.45, 7) is 6.50. The summed E-state index contributed by atoms with van der Waals surface area (Å²) in [7, 11) is 0. The van der Waals surface area contributed by atoms with Crippen LogP contribution in [0.3, 0.4) is 0 Å². The van der Waals surface area contributed by atoms with Crippen LogP contribution >= 0.6 is 0 Å². The average Bonchev–Trinajstić information content (AvgIpc) is 3.26. The van der Waals surface area contributed by atoms with E-state index >= 15 is 0 Å². The van der Waals surface area contributed by atoms with Crippen LogP contribution in [0.1, 0.15) is 239 Å². The van der Waals surface area contributed by atoms with E-state index in [9.17, 15) is 14.4 Å². The van der Waals surface area contributed by atoms with Gasteiger partial charge in [0.05, 0.1) is 0 Å². The summed E-state index contributed by atoms with van der Waals surface area (Å²) < 4.78 is 16.7. The summed E-state index contributed by atoms with van der Waals surface area (Å²) in [5, 5.41) is 0. The third-order valence-electron chi connectivity index (χ3n) is 10.7. The minimum absolute atomic E-state index is 0.0987. The normalized spacial score (nSPS) is 12.6. The maximum atomic E-state index is 12.8. The lowest BCUT2D eigenvalue weighted by atomic mass is 10.1. The molecule has 0 amide bonds. The van der Waals surface area contributed by atoms with Crippen LogP contribution in [0.25, 0.3) is 0 Å². The molecule has 0 saturated heterocycles. The zero-order valence-electron chi connectivity index (χ0n) is 39.9. The fourth-order valence-corrected chi connectivity index (χ4v) is 6.76. The van der Waals surface area contributed by atoms with Crippen molar-refractivity contribution in [1.29, 1.82) is 0 Å². The number of carbonyl (C=O) groups is 3. The number of hydrogen-bond donors (Lipinski definition) is 0. The molecule has 0 aromatic rings. The standard InChI is InChI=1S/C55H94O6/c1-4-7-10-13-16-19-22-24-26-27-29-30-33-36-39-42-45-48-54(57)60-51-52(50-59-53(56)47-44-41-38-35-32-21-18-15-12-9-6-3)61-55(58)49-46-43-40-37-34-31-28-25-23-20-17-14-11-8-5-2/h15-16,18-20,23-24,26,29-30,36,39,52H,4-14,17,21-22,25,27-28,31-35,37-38,40-51H2,1-3H3/b18-15-,19-16-,23-20-,26-24-,30-29-,39-36-/t52-/m0/s1. The summed E-state index contributed by atoms with van der Waals surface area (Å²) in [6, 6.07) is 0. The van der Waals surface area contributed by atoms with Crippen LogP contribution in [0.5, 0.6) is 0 Å². The van der Waals surface area contributed by atoms with E-state index in [2.05, 4.69) is 93.7 Å². The van der Waals surface area contributed by atoms with Crippen LogP contribution in [0.4, 0.5) is 0 Å². The zero-order valence-corrected chi connectivity index (χ0v) is 39.9. The van der Waals surface area contributed by atoms with Gasteiger partial charge in [0.2, 0.25) is 0 Å². The van der Waals surface area contributed by atoms with Gasteiger partial charge in [0.15, 0.2) is 6.10 Å². The maximum absolute atomic E-state index is 12.8. The van der Waals surface area contributed by atoms with Crippen molar-refractivity contribution in [3.63, 3.8) is 0 Å². The minimum Gasteiger partial charge on any atom is -0.462 e. The Hall–Kier alpha value is -3.15. The second-order valence-electron chi connectivity index (χ2n) is 16.7. The number of carbonyl (C=O) groups excluding carboxylic acids is 3. The highest BCUT2D eigenvalue weighted by atomic mass is 16.6. The van der Waals surface area contributed by atoms with Crippen LogP contribution in [0.15, 0.2) is 72.9 Å². The molecule has 0 aliphatic rings. The van der Waals surface area contributed by atoms with Gasteiger partial charge in [-0.25, -0.2) is 0 Å². The Bertz CT molecular complexity index is 1160. The van der Waals surface area contributed by atoms with E-state index in [1.54, 1.807) is 0 Å². The zero-order chi connectivity index (χ0) is 44.4. The molecule has 0 spiro atoms. The molecule has 0 fully saturated rings. The molecule has 0 bridgehead atoms. The van der Waals surface area contributed by atoms with Crippen molar-refractivity contribution in [2.24, 2.45) is 0 Å². The summed E-state index contributed by atoms with van der Waals surface area (Å²) in [5.74, 6) is -0.971. The molecule has 61 heavy (non-hydrogen) atoms. The Morgan fingerprint density at radius 1 is 0.328 bits per heavy atom. The second kappa shape index (κ2) is 49.5. The van der Waals surface area contributed by atoms with Crippen LogP contribution in [0, 0.1) is 0 Å². The Morgan fingerprint density at radius 3 is 1.08 bits per heavy atom. The van der Waals surface area contributed by atoms with Gasteiger partial charge in [-0.05, 0) is 103 Å². The van der Waals surface area contributed by atoms with Crippen molar-refractivity contribution < 1.29 is 28.6 Å². The Labute approximate surface area is 376 Å². The number of allylic oxidation sites excluding steroid dienone is 12. The molecule has 0 aliphatic carbocycles. The summed E-state index contributed by atoms with van der Waals surface area (Å²) in [5.41, 5.74) is 0. The highest BCUT2D eigenvalue weighted by molar-refractivity contribution is 5.71. The van der Waals surface area contributed by atoms with Crippen LogP contribution in [-0.4, -0.2) is 37.2 Å². The lowest BCUT2D eigenvalue weighted by Gasteiger charge is -2.18. The molecule has 0 unspecified atom stereocenters. The molecule has 0 aromatic heterocycles. The van der Waals surface area contributed by atoms with Crippen molar-refractivity contribution in [2.45, 2.75) is 245 Å². The second-order valence-corrected chi connectivity index (χ2v) is 16.7. The molecule has 6 heteroatoms. The first-order valence-corrected chi connectivity index (χ1v) is 25.4. The molecule has 0 radical (unpaired) electrons. The van der Waals surface area contributed by atoms with Gasteiger partial charge in [0, 0.05) is 19.3 Å². The van der Waals surface area contributed by atoms with Gasteiger partial charge in [-0.3, -0.25) is 14.4 Å². The van der Waals surface area contributed by atoms with E-state index < -0.39 is 6.10 Å². The highest BCUT2D eigenvalue weighted by Gasteiger charge is 2.19. The topological polar surface area (TPSA) is 78.9 Å². The van der Waals surface area contributed by atoms with Crippen molar-refractivity contribution >= 4 is 17.9 Å². The van der Waals surface area contributed by atoms with E-state index in [-0.39, 0.29) is 37.5 Å². The van der Waals surface area contributed by atoms with Gasteiger partial charge < -0.3 is 14.2 Å². The first kappa shape index (κ1) is 57.9. The first-order valence-electron chi connectivity index (χ1n) is 25.4. The number of hydrogen-bond acceptors (Lipinski definition) is 6. The Morgan fingerprint density at radius 2 is 0.623 bits per heavy atom. The quantitative estimate of drug-likeness (QED) is 0.0263. The molecular formula is C55H94O6. The minimum atomic E-state index is -0.801. The fraction of sp³-hybridized carbons (Fsp3) is 0.727. The van der Waals surface area contributed by atoms with E-state index in [4.69, 9.17) is 14.2 Å². The Balaban J connectivity index is 4.47. The van der Waals surface area contributed by atoms with Gasteiger partial charge in [-0.2, -0.15) is 0 Å². The Kier molecular flexibility index (Phi) is 46.9. The molecule has 0 N–H and O–H groups in total. The van der Waals surface area contributed by atoms with E-state index in [0.717, 1.165) is 77.0 Å². The SMILES string of the molecule is CCCC/C=C\CCCCCCCC(=O)OC[C@@H](COC(=O)CCC/C=C\C/C=C\C/C=C\C/C=C\CCCCC)OC(=O)CCCCCCCCC/C=C\CCCCCC. The molecule has 0 heterocycles. The monoisotopic (exact) mass is 851 g/mol. The van der Waals surface area contributed by atoms with Crippen molar-refractivity contribution in [3.05, 3.63) is 72.9 Å². The van der Waals surface area contributed by atoms with Gasteiger partial charge in [0.25, 0.3) is 0 Å². The van der Waals surface area contributed by atoms with Crippen molar-refractivity contribution in [2.75, 3.05) is 13.2 Å². The van der Waals surface area contributed by atoms with Gasteiger partial charge >= 0.3 is 17.9 Å². The van der Waals surface area contributed by atoms with Crippen LogP contribution in [-0.2, 0) is 28.6 Å². The van der Waals surface area contributed by atoms with E-state index in [1.165, 1.54) is 116 Å². The number of esters is 3. The summed E-state index contributed by atoms with van der Waals surface area (Å²) >= 11 is 0. The highest BCUT2D eigenvalue weighted by Crippen LogP contribution is 2.13. The first-order chi connectivity index (χ1) is 30.0. The largest absolute Gasteiger partial charge is 0.462 e. The number of unbranched alkanes of at least 4 members (excludes halogenated alkanes) is 22. The number of rotatable bonds is 45. The summed E-state index contributed by atoms with van der Waals surface area (Å²) in [4.78, 5) is 37.9. The van der Waals surface area contributed by atoms with Crippen LogP contribution in [0.2, 0.25) is 0 Å². The van der Waals surface area contributed by atoms with Crippen LogP contribution < -0.4 is 0 Å². The lowest BCUT2D eigenvalue weighted by Crippen LogP contribution is -2.30. The molecule has 1 atom stereocenters. The van der Waals surface area contributed by atoms with Gasteiger partial charge in [-0.15, -0.1) is 0 Å². The molecular weight excluding hydrogens is 757 g/mol. The predicted molar refractivity (Wildman–Crippen MR) is 261 cm³/mol. The molecule has 6 nitrogen and oxygen atoms in total. The van der Waals surface area contributed by atoms with Crippen molar-refractivity contribution in [1.82, 2.24) is 0 Å². The van der Waals surface area contributed by atoms with Crippen molar-refractivity contribution in [3.8, 4) is 0 Å². The number of ether oxygens (including phenoxy) is 3. The fourth-order valence-electron chi connectivity index (χ4n) is 6.76. The van der Waals surface area contributed by atoms with Gasteiger partial charge in [-0.1, -0.05) is 190 Å². The molecule has 350 valence electrons. The molecule has 0 aliphatic heterocycles. The van der Waals surface area contributed by atoms with Gasteiger partial charge in [0.1, 0.15) is 13.2 Å². The molecule has 0 aromatic carbocycles. The molecule has 0 saturated carbocycles. The van der Waals surface area contributed by atoms with E-state index in [1.807, 2.05) is 0 Å². The third kappa shape index (κ3) is 47.7. The summed E-state index contributed by atoms with van der Waals surface area (Å²) in [6.07, 6.45) is 61.7. The lowest BCUT2D eigenvalue weighted by molar-refractivity contribution is -0.167. The molecule has 0 rings (SSSR count). The maximum Gasteiger partial charge on any atom is 0.306 e. The third-order valence-corrected chi connectivity index (χ3v) is 10.7. The van der Waals surface area contributed by atoms with E-state index in [0.29, 0.717) is 19.3 Å².